The quantitative estimate of drug-likeness (QED) is 0.570. The first-order valence-corrected chi connectivity index (χ1v) is 9.77. The minimum atomic E-state index is -0.816. The average molecular weight is 406 g/mol. The van der Waals surface area contributed by atoms with Crippen molar-refractivity contribution in [3.8, 4) is 0 Å². The van der Waals surface area contributed by atoms with Crippen LogP contribution in [0, 0.1) is 25.5 Å². The van der Waals surface area contributed by atoms with Gasteiger partial charge in [0.25, 0.3) is 0 Å². The summed E-state index contributed by atoms with van der Waals surface area (Å²) in [6, 6.07) is 9.43. The fraction of sp³-hybridized carbons (Fsp3) is 0.167. The van der Waals surface area contributed by atoms with Crippen molar-refractivity contribution in [2.45, 2.75) is 18.2 Å². The van der Waals surface area contributed by atoms with E-state index in [2.05, 4.69) is 26.9 Å². The number of anilines is 3. The van der Waals surface area contributed by atoms with Crippen molar-refractivity contribution in [2.24, 2.45) is 0 Å². The van der Waals surface area contributed by atoms with Crippen molar-refractivity contribution in [2.75, 3.05) is 16.4 Å². The maximum Gasteiger partial charge on any atom is 0.234 e. The molecule has 3 aromatic rings. The molecule has 0 atom stereocenters. The standard InChI is InChI=1S/C18H16F2N4OS2/c1-10-6-7-14(11(2)8-10)21-17-23-24-18(27-17)26-9-15(25)22-16-12(19)4-3-5-13(16)20/h3-8H,9H2,1-2H3,(H,21,23)(H,22,25). The van der Waals surface area contributed by atoms with Crippen LogP contribution in [0.2, 0.25) is 0 Å². The van der Waals surface area contributed by atoms with E-state index in [0.29, 0.717) is 9.47 Å². The maximum absolute atomic E-state index is 13.6. The number of carbonyl (C=O) groups is 1. The molecule has 0 aliphatic heterocycles. The van der Waals surface area contributed by atoms with Crippen LogP contribution in [0.4, 0.5) is 25.3 Å². The van der Waals surface area contributed by atoms with Crippen LogP contribution >= 0.6 is 23.1 Å². The van der Waals surface area contributed by atoms with Gasteiger partial charge in [-0.1, -0.05) is 46.9 Å². The summed E-state index contributed by atoms with van der Waals surface area (Å²) < 4.78 is 27.7. The van der Waals surface area contributed by atoms with E-state index in [-0.39, 0.29) is 5.75 Å². The smallest absolute Gasteiger partial charge is 0.234 e. The highest BCUT2D eigenvalue weighted by Gasteiger charge is 2.13. The molecule has 0 radical (unpaired) electrons. The summed E-state index contributed by atoms with van der Waals surface area (Å²) in [7, 11) is 0. The molecule has 2 N–H and O–H groups in total. The lowest BCUT2D eigenvalue weighted by Gasteiger charge is -2.07. The summed E-state index contributed by atoms with van der Waals surface area (Å²) in [5.41, 5.74) is 2.74. The highest BCUT2D eigenvalue weighted by Crippen LogP contribution is 2.29. The summed E-state index contributed by atoms with van der Waals surface area (Å²) in [6.07, 6.45) is 0. The van der Waals surface area contributed by atoms with Crippen molar-refractivity contribution in [1.82, 2.24) is 10.2 Å². The Balaban J connectivity index is 1.57. The fourth-order valence-electron chi connectivity index (χ4n) is 2.31. The largest absolute Gasteiger partial charge is 0.330 e. The molecule has 9 heteroatoms. The van der Waals surface area contributed by atoms with Crippen LogP contribution in [0.1, 0.15) is 11.1 Å². The van der Waals surface area contributed by atoms with Crippen LogP contribution in [0.3, 0.4) is 0 Å². The predicted molar refractivity (Wildman–Crippen MR) is 105 cm³/mol. The van der Waals surface area contributed by atoms with Gasteiger partial charge in [0.05, 0.1) is 5.75 Å². The van der Waals surface area contributed by atoms with Gasteiger partial charge in [-0.15, -0.1) is 10.2 Å². The maximum atomic E-state index is 13.6. The molecule has 0 fully saturated rings. The van der Waals surface area contributed by atoms with Gasteiger partial charge in [0.15, 0.2) is 4.34 Å². The van der Waals surface area contributed by atoms with Crippen LogP contribution in [-0.2, 0) is 4.79 Å². The van der Waals surface area contributed by atoms with Crippen molar-refractivity contribution in [1.29, 1.82) is 0 Å². The molecule has 0 aliphatic rings. The molecule has 0 unspecified atom stereocenters. The first kappa shape index (κ1) is 19.2. The number of nitrogens with zero attached hydrogens (tertiary/aromatic N) is 2. The lowest BCUT2D eigenvalue weighted by atomic mass is 10.1. The monoisotopic (exact) mass is 406 g/mol. The number of nitrogens with one attached hydrogen (secondary N) is 2. The first-order valence-electron chi connectivity index (χ1n) is 7.97. The highest BCUT2D eigenvalue weighted by molar-refractivity contribution is 8.01. The molecule has 1 amide bonds. The van der Waals surface area contributed by atoms with Crippen LogP contribution in [-0.4, -0.2) is 21.9 Å². The van der Waals surface area contributed by atoms with E-state index in [1.165, 1.54) is 23.0 Å². The minimum absolute atomic E-state index is 0.0357. The van der Waals surface area contributed by atoms with Crippen molar-refractivity contribution in [3.05, 3.63) is 59.2 Å². The summed E-state index contributed by atoms with van der Waals surface area (Å²) in [6.45, 7) is 4.02. The summed E-state index contributed by atoms with van der Waals surface area (Å²) in [5, 5.41) is 14.1. The number of aryl methyl sites for hydroxylation is 2. The van der Waals surface area contributed by atoms with Crippen LogP contribution in [0.25, 0.3) is 0 Å². The van der Waals surface area contributed by atoms with Gasteiger partial charge >= 0.3 is 0 Å². The van der Waals surface area contributed by atoms with Gasteiger partial charge in [0.2, 0.25) is 11.0 Å². The molecule has 0 aliphatic carbocycles. The molecular weight excluding hydrogens is 390 g/mol. The van der Waals surface area contributed by atoms with Gasteiger partial charge in [0.1, 0.15) is 17.3 Å². The third kappa shape index (κ3) is 5.01. The lowest BCUT2D eigenvalue weighted by Crippen LogP contribution is -2.16. The van der Waals surface area contributed by atoms with E-state index >= 15 is 0 Å². The van der Waals surface area contributed by atoms with Crippen LogP contribution in [0.5, 0.6) is 0 Å². The average Bonchev–Trinajstić information content (AvgIpc) is 3.06. The number of thioether (sulfide) groups is 1. The molecule has 0 saturated carbocycles. The Morgan fingerprint density at radius 3 is 2.59 bits per heavy atom. The Bertz CT molecular complexity index is 957. The summed E-state index contributed by atoms with van der Waals surface area (Å²) in [4.78, 5) is 11.9. The normalized spacial score (nSPS) is 10.7. The topological polar surface area (TPSA) is 66.9 Å². The van der Waals surface area contributed by atoms with Gasteiger partial charge in [0, 0.05) is 5.69 Å². The second-order valence-electron chi connectivity index (χ2n) is 5.75. The van der Waals surface area contributed by atoms with Crippen molar-refractivity contribution < 1.29 is 13.6 Å². The highest BCUT2D eigenvalue weighted by atomic mass is 32.2. The van der Waals surface area contributed by atoms with Crippen LogP contribution < -0.4 is 10.6 Å². The zero-order valence-corrected chi connectivity index (χ0v) is 16.2. The first-order chi connectivity index (χ1) is 12.9. The zero-order chi connectivity index (χ0) is 19.4. The molecule has 0 bridgehead atoms. The lowest BCUT2D eigenvalue weighted by molar-refractivity contribution is -0.113. The van der Waals surface area contributed by atoms with E-state index < -0.39 is 23.2 Å². The third-order valence-electron chi connectivity index (χ3n) is 3.58. The van der Waals surface area contributed by atoms with Gasteiger partial charge in [-0.25, -0.2) is 8.78 Å². The van der Waals surface area contributed by atoms with E-state index in [1.54, 1.807) is 0 Å². The Kier molecular flexibility index (Phi) is 6.02. The SMILES string of the molecule is Cc1ccc(Nc2nnc(SCC(=O)Nc3c(F)cccc3F)s2)c(C)c1. The number of hydrogen-bond donors (Lipinski definition) is 2. The molecule has 1 heterocycles. The Labute approximate surface area is 163 Å². The number of hydrogen-bond acceptors (Lipinski definition) is 6. The number of amides is 1. The molecular formula is C18H16F2N4OS2. The number of para-hydroxylation sites is 1. The number of rotatable bonds is 6. The summed E-state index contributed by atoms with van der Waals surface area (Å²) in [5.74, 6) is -2.19. The van der Waals surface area contributed by atoms with Gasteiger partial charge in [-0.05, 0) is 37.6 Å². The van der Waals surface area contributed by atoms with E-state index in [1.807, 2.05) is 26.0 Å². The summed E-state index contributed by atoms with van der Waals surface area (Å²) >= 11 is 2.44. The molecule has 27 heavy (non-hydrogen) atoms. The number of halogens is 2. The third-order valence-corrected chi connectivity index (χ3v) is 5.56. The molecule has 5 nitrogen and oxygen atoms in total. The predicted octanol–water partition coefficient (Wildman–Crippen LogP) is 4.91. The number of carbonyl (C=O) groups excluding carboxylic acids is 1. The number of benzene rings is 2. The van der Waals surface area contributed by atoms with Crippen molar-refractivity contribution >= 4 is 45.5 Å². The van der Waals surface area contributed by atoms with E-state index in [0.717, 1.165) is 35.1 Å². The second-order valence-corrected chi connectivity index (χ2v) is 7.95. The molecule has 1 aromatic heterocycles. The van der Waals surface area contributed by atoms with E-state index in [4.69, 9.17) is 0 Å². The van der Waals surface area contributed by atoms with Crippen LogP contribution in [0.15, 0.2) is 40.7 Å². The molecule has 140 valence electrons. The van der Waals surface area contributed by atoms with Crippen molar-refractivity contribution in [3.63, 3.8) is 0 Å². The molecule has 0 spiro atoms. The zero-order valence-electron chi connectivity index (χ0n) is 14.5. The molecule has 2 aromatic carbocycles. The van der Waals surface area contributed by atoms with Gasteiger partial charge < -0.3 is 10.6 Å². The number of aromatic nitrogens is 2. The molecule has 3 rings (SSSR count). The Morgan fingerprint density at radius 1 is 1.15 bits per heavy atom. The molecule has 0 saturated heterocycles. The van der Waals surface area contributed by atoms with Gasteiger partial charge in [-0.3, -0.25) is 4.79 Å². The Morgan fingerprint density at radius 2 is 1.89 bits per heavy atom. The van der Waals surface area contributed by atoms with E-state index in [9.17, 15) is 13.6 Å². The second kappa shape index (κ2) is 8.45. The van der Waals surface area contributed by atoms with Gasteiger partial charge in [-0.2, -0.15) is 0 Å². The minimum Gasteiger partial charge on any atom is -0.330 e. The fourth-order valence-corrected chi connectivity index (χ4v) is 3.87. The Hall–Kier alpha value is -2.52.